The lowest BCUT2D eigenvalue weighted by Crippen LogP contribution is -2.46. The summed E-state index contributed by atoms with van der Waals surface area (Å²) in [4.78, 5) is 12.9. The SMILES string of the molecule is Cc1ccc(C)c(S(=O)(=O)N2CCC(NC(=O)c3ccc(C)c(C)c3)CC2)c1. The van der Waals surface area contributed by atoms with Crippen LogP contribution in [0, 0.1) is 27.7 Å². The topological polar surface area (TPSA) is 66.5 Å². The van der Waals surface area contributed by atoms with Crippen LogP contribution in [0.1, 0.15) is 45.5 Å². The largest absolute Gasteiger partial charge is 0.349 e. The molecule has 0 bridgehead atoms. The second-order valence-corrected chi connectivity index (χ2v) is 9.63. The molecule has 2 aromatic rings. The summed E-state index contributed by atoms with van der Waals surface area (Å²) in [6.45, 7) is 8.54. The molecule has 3 rings (SSSR count). The maximum Gasteiger partial charge on any atom is 0.251 e. The molecule has 5 nitrogen and oxygen atoms in total. The number of carbonyl (C=O) groups is 1. The molecule has 1 fully saturated rings. The molecule has 150 valence electrons. The highest BCUT2D eigenvalue weighted by Crippen LogP contribution is 2.24. The van der Waals surface area contributed by atoms with Crippen molar-refractivity contribution in [2.45, 2.75) is 51.5 Å². The molecule has 0 aromatic heterocycles. The van der Waals surface area contributed by atoms with Crippen LogP contribution >= 0.6 is 0 Å². The zero-order chi connectivity index (χ0) is 20.5. The van der Waals surface area contributed by atoms with E-state index in [4.69, 9.17) is 0 Å². The summed E-state index contributed by atoms with van der Waals surface area (Å²) < 4.78 is 27.6. The van der Waals surface area contributed by atoms with Gasteiger partial charge in [-0.2, -0.15) is 4.31 Å². The minimum absolute atomic E-state index is 0.0147. The van der Waals surface area contributed by atoms with E-state index in [2.05, 4.69) is 5.32 Å². The summed E-state index contributed by atoms with van der Waals surface area (Å²) in [5.41, 5.74) is 4.58. The first-order chi connectivity index (χ1) is 13.2. The molecule has 0 unspecified atom stereocenters. The Balaban J connectivity index is 1.64. The first kappa shape index (κ1) is 20.6. The van der Waals surface area contributed by atoms with Gasteiger partial charge in [0.2, 0.25) is 10.0 Å². The Morgan fingerprint density at radius 2 is 1.57 bits per heavy atom. The van der Waals surface area contributed by atoms with Crippen LogP contribution in [0.15, 0.2) is 41.3 Å². The predicted molar refractivity (Wildman–Crippen MR) is 111 cm³/mol. The lowest BCUT2D eigenvalue weighted by Gasteiger charge is -2.32. The normalized spacial score (nSPS) is 16.1. The molecular formula is C22H28N2O3S. The van der Waals surface area contributed by atoms with Gasteiger partial charge in [0.1, 0.15) is 0 Å². The second-order valence-electron chi connectivity index (χ2n) is 7.72. The van der Waals surface area contributed by atoms with Crippen molar-refractivity contribution in [3.8, 4) is 0 Å². The molecule has 0 spiro atoms. The highest BCUT2D eigenvalue weighted by atomic mass is 32.2. The first-order valence-electron chi connectivity index (χ1n) is 9.64. The fourth-order valence-electron chi connectivity index (χ4n) is 3.52. The molecule has 1 aliphatic heterocycles. The van der Waals surface area contributed by atoms with E-state index >= 15 is 0 Å². The van der Waals surface area contributed by atoms with E-state index in [1.54, 1.807) is 6.07 Å². The number of hydrogen-bond acceptors (Lipinski definition) is 3. The minimum Gasteiger partial charge on any atom is -0.349 e. The van der Waals surface area contributed by atoms with Crippen molar-refractivity contribution >= 4 is 15.9 Å². The van der Waals surface area contributed by atoms with E-state index in [1.807, 2.05) is 58.0 Å². The highest BCUT2D eigenvalue weighted by Gasteiger charge is 2.31. The van der Waals surface area contributed by atoms with E-state index in [-0.39, 0.29) is 11.9 Å². The minimum atomic E-state index is -3.51. The molecule has 0 saturated carbocycles. The van der Waals surface area contributed by atoms with Crippen LogP contribution in [0.3, 0.4) is 0 Å². The van der Waals surface area contributed by atoms with E-state index in [0.29, 0.717) is 36.4 Å². The molecule has 1 amide bonds. The number of aryl methyl sites for hydroxylation is 4. The monoisotopic (exact) mass is 400 g/mol. The summed E-state index contributed by atoms with van der Waals surface area (Å²) in [5.74, 6) is -0.0982. The van der Waals surface area contributed by atoms with Gasteiger partial charge in [-0.25, -0.2) is 8.42 Å². The lowest BCUT2D eigenvalue weighted by molar-refractivity contribution is 0.0923. The Labute approximate surface area is 167 Å². The maximum absolute atomic E-state index is 13.0. The number of amides is 1. The van der Waals surface area contributed by atoms with Gasteiger partial charge in [-0.3, -0.25) is 4.79 Å². The summed E-state index contributed by atoms with van der Waals surface area (Å²) in [7, 11) is -3.51. The maximum atomic E-state index is 13.0. The van der Waals surface area contributed by atoms with Crippen molar-refractivity contribution in [3.63, 3.8) is 0 Å². The van der Waals surface area contributed by atoms with Crippen LogP contribution in [-0.2, 0) is 10.0 Å². The van der Waals surface area contributed by atoms with Gasteiger partial charge >= 0.3 is 0 Å². The van der Waals surface area contributed by atoms with Gasteiger partial charge in [-0.1, -0.05) is 18.2 Å². The predicted octanol–water partition coefficient (Wildman–Crippen LogP) is 3.50. The summed E-state index contributed by atoms with van der Waals surface area (Å²) >= 11 is 0. The van der Waals surface area contributed by atoms with Crippen molar-refractivity contribution in [1.29, 1.82) is 0 Å². The number of nitrogens with one attached hydrogen (secondary N) is 1. The second kappa shape index (κ2) is 8.05. The average Bonchev–Trinajstić information content (AvgIpc) is 2.66. The third-order valence-corrected chi connectivity index (χ3v) is 7.56. The molecule has 1 saturated heterocycles. The summed E-state index contributed by atoms with van der Waals surface area (Å²) in [5, 5.41) is 3.05. The van der Waals surface area contributed by atoms with Crippen LogP contribution in [-0.4, -0.2) is 37.8 Å². The molecule has 0 aliphatic carbocycles. The van der Waals surface area contributed by atoms with Gasteiger partial charge in [-0.05, 0) is 81.0 Å². The smallest absolute Gasteiger partial charge is 0.251 e. The fraction of sp³-hybridized carbons (Fsp3) is 0.409. The molecule has 2 aromatic carbocycles. The Hall–Kier alpha value is -2.18. The fourth-order valence-corrected chi connectivity index (χ4v) is 5.30. The van der Waals surface area contributed by atoms with Crippen molar-refractivity contribution in [3.05, 3.63) is 64.2 Å². The Kier molecular flexibility index (Phi) is 5.91. The van der Waals surface area contributed by atoms with Crippen LogP contribution in [0.2, 0.25) is 0 Å². The Bertz CT molecular complexity index is 991. The van der Waals surface area contributed by atoms with Crippen LogP contribution in [0.25, 0.3) is 0 Å². The van der Waals surface area contributed by atoms with Crippen molar-refractivity contribution in [2.75, 3.05) is 13.1 Å². The lowest BCUT2D eigenvalue weighted by atomic mass is 10.0. The molecule has 6 heteroatoms. The zero-order valence-corrected chi connectivity index (χ0v) is 17.8. The molecule has 28 heavy (non-hydrogen) atoms. The zero-order valence-electron chi connectivity index (χ0n) is 17.0. The third kappa shape index (κ3) is 4.28. The molecular weight excluding hydrogens is 372 g/mol. The number of hydrogen-bond donors (Lipinski definition) is 1. The quantitative estimate of drug-likeness (QED) is 0.854. The average molecular weight is 401 g/mol. The van der Waals surface area contributed by atoms with Gasteiger partial charge in [0, 0.05) is 24.7 Å². The third-order valence-electron chi connectivity index (χ3n) is 5.52. The summed E-state index contributed by atoms with van der Waals surface area (Å²) in [6, 6.07) is 11.2. The standard InChI is InChI=1S/C22H28N2O3S/c1-15-5-6-17(3)21(13-15)28(26,27)24-11-9-20(10-12-24)23-22(25)19-8-7-16(2)18(4)14-19/h5-8,13-14,20H,9-12H2,1-4H3,(H,23,25). The number of sulfonamides is 1. The molecule has 1 heterocycles. The van der Waals surface area contributed by atoms with Crippen LogP contribution in [0.4, 0.5) is 0 Å². The van der Waals surface area contributed by atoms with Crippen molar-refractivity contribution < 1.29 is 13.2 Å². The van der Waals surface area contributed by atoms with Gasteiger partial charge < -0.3 is 5.32 Å². The van der Waals surface area contributed by atoms with Gasteiger partial charge in [-0.15, -0.1) is 0 Å². The molecule has 1 N–H and O–H groups in total. The molecule has 0 atom stereocenters. The van der Waals surface area contributed by atoms with E-state index in [0.717, 1.165) is 22.3 Å². The Morgan fingerprint density at radius 1 is 0.929 bits per heavy atom. The van der Waals surface area contributed by atoms with Gasteiger partial charge in [0.25, 0.3) is 5.91 Å². The number of nitrogens with zero attached hydrogens (tertiary/aromatic N) is 1. The van der Waals surface area contributed by atoms with Crippen LogP contribution < -0.4 is 5.32 Å². The Morgan fingerprint density at radius 3 is 2.21 bits per heavy atom. The van der Waals surface area contributed by atoms with Gasteiger partial charge in [0.15, 0.2) is 0 Å². The number of piperidine rings is 1. The number of rotatable bonds is 4. The first-order valence-corrected chi connectivity index (χ1v) is 11.1. The van der Waals surface area contributed by atoms with Gasteiger partial charge in [0.05, 0.1) is 4.90 Å². The van der Waals surface area contributed by atoms with Crippen LogP contribution in [0.5, 0.6) is 0 Å². The number of benzene rings is 2. The highest BCUT2D eigenvalue weighted by molar-refractivity contribution is 7.89. The van der Waals surface area contributed by atoms with Crippen molar-refractivity contribution in [2.24, 2.45) is 0 Å². The molecule has 0 radical (unpaired) electrons. The van der Waals surface area contributed by atoms with E-state index < -0.39 is 10.0 Å². The van der Waals surface area contributed by atoms with E-state index in [9.17, 15) is 13.2 Å². The molecule has 1 aliphatic rings. The number of carbonyl (C=O) groups excluding carboxylic acids is 1. The summed E-state index contributed by atoms with van der Waals surface area (Å²) in [6.07, 6.45) is 1.22. The van der Waals surface area contributed by atoms with Crippen molar-refractivity contribution in [1.82, 2.24) is 9.62 Å². The van der Waals surface area contributed by atoms with E-state index in [1.165, 1.54) is 4.31 Å².